The summed E-state index contributed by atoms with van der Waals surface area (Å²) in [6.07, 6.45) is 3.78. The molecule has 0 radical (unpaired) electrons. The lowest BCUT2D eigenvalue weighted by Crippen LogP contribution is -2.19. The van der Waals surface area contributed by atoms with Crippen LogP contribution in [-0.2, 0) is 11.8 Å². The molecule has 1 aromatic carbocycles. The lowest BCUT2D eigenvalue weighted by molar-refractivity contribution is 0.586. The van der Waals surface area contributed by atoms with Gasteiger partial charge in [0, 0.05) is 28.4 Å². The van der Waals surface area contributed by atoms with Gasteiger partial charge in [0.2, 0.25) is 0 Å². The molecule has 0 spiro atoms. The molecule has 3 heteroatoms. The largest absolute Gasteiger partial charge is 0.314 e. The lowest BCUT2D eigenvalue weighted by atomic mass is 9.98. The topological polar surface area (TPSA) is 24.9 Å². The Kier molecular flexibility index (Phi) is 4.14. The SMILES string of the molecule is CC(C)(C)c1nc(-c2ccccc2)c(CCNC2CC2)s1. The number of hydrogen-bond donors (Lipinski definition) is 1. The van der Waals surface area contributed by atoms with Gasteiger partial charge in [0.25, 0.3) is 0 Å². The van der Waals surface area contributed by atoms with Crippen LogP contribution in [0.1, 0.15) is 43.5 Å². The van der Waals surface area contributed by atoms with Crippen LogP contribution in [0.3, 0.4) is 0 Å². The Bertz CT molecular complexity index is 591. The van der Waals surface area contributed by atoms with Crippen molar-refractivity contribution in [1.82, 2.24) is 10.3 Å². The number of aromatic nitrogens is 1. The van der Waals surface area contributed by atoms with E-state index in [-0.39, 0.29) is 5.41 Å². The first kappa shape index (κ1) is 14.7. The van der Waals surface area contributed by atoms with Gasteiger partial charge >= 0.3 is 0 Å². The first-order valence-corrected chi connectivity index (χ1v) is 8.64. The van der Waals surface area contributed by atoms with Crippen molar-refractivity contribution >= 4 is 11.3 Å². The molecule has 1 fully saturated rings. The number of nitrogens with one attached hydrogen (secondary N) is 1. The minimum Gasteiger partial charge on any atom is -0.314 e. The number of rotatable bonds is 5. The highest BCUT2D eigenvalue weighted by molar-refractivity contribution is 7.12. The summed E-state index contributed by atoms with van der Waals surface area (Å²) in [6.45, 7) is 7.79. The van der Waals surface area contributed by atoms with Crippen LogP contribution < -0.4 is 5.32 Å². The molecule has 0 amide bonds. The summed E-state index contributed by atoms with van der Waals surface area (Å²) in [7, 11) is 0. The third kappa shape index (κ3) is 3.72. The molecule has 21 heavy (non-hydrogen) atoms. The molecule has 1 saturated carbocycles. The summed E-state index contributed by atoms with van der Waals surface area (Å²) >= 11 is 1.88. The number of thiazole rings is 1. The van der Waals surface area contributed by atoms with E-state index in [0.29, 0.717) is 0 Å². The standard InChI is InChI=1S/C18H24N2S/c1-18(2,3)17-20-16(13-7-5-4-6-8-13)15(21-17)11-12-19-14-9-10-14/h4-8,14,19H,9-12H2,1-3H3. The average Bonchev–Trinajstić information content (AvgIpc) is 3.16. The van der Waals surface area contributed by atoms with Crippen LogP contribution in [0, 0.1) is 0 Å². The molecule has 1 aliphatic rings. The quantitative estimate of drug-likeness (QED) is 0.885. The molecule has 1 N–H and O–H groups in total. The molecule has 0 aliphatic heterocycles. The van der Waals surface area contributed by atoms with Gasteiger partial charge in [-0.1, -0.05) is 51.1 Å². The molecule has 0 bridgehead atoms. The third-order valence-corrected chi connectivity index (χ3v) is 5.29. The molecule has 0 unspecified atom stereocenters. The zero-order valence-corrected chi connectivity index (χ0v) is 14.0. The minimum atomic E-state index is 0.121. The van der Waals surface area contributed by atoms with Gasteiger partial charge in [-0.15, -0.1) is 11.3 Å². The summed E-state index contributed by atoms with van der Waals surface area (Å²) < 4.78 is 0. The van der Waals surface area contributed by atoms with Crippen LogP contribution in [0.2, 0.25) is 0 Å². The first-order valence-electron chi connectivity index (χ1n) is 7.83. The van der Waals surface area contributed by atoms with Crippen molar-refractivity contribution in [2.75, 3.05) is 6.54 Å². The zero-order chi connectivity index (χ0) is 14.9. The highest BCUT2D eigenvalue weighted by Gasteiger charge is 2.23. The highest BCUT2D eigenvalue weighted by Crippen LogP contribution is 2.34. The van der Waals surface area contributed by atoms with Crippen molar-refractivity contribution in [2.45, 2.75) is 51.5 Å². The predicted octanol–water partition coefficient (Wildman–Crippen LogP) is 4.40. The zero-order valence-electron chi connectivity index (χ0n) is 13.1. The molecule has 1 aliphatic carbocycles. The van der Waals surface area contributed by atoms with Gasteiger partial charge in [0.05, 0.1) is 10.7 Å². The van der Waals surface area contributed by atoms with Gasteiger partial charge in [-0.25, -0.2) is 4.98 Å². The molecule has 2 aromatic rings. The Morgan fingerprint density at radius 3 is 2.52 bits per heavy atom. The Labute approximate surface area is 131 Å². The van der Waals surface area contributed by atoms with Gasteiger partial charge in [0.15, 0.2) is 0 Å². The summed E-state index contributed by atoms with van der Waals surface area (Å²) in [5.74, 6) is 0. The van der Waals surface area contributed by atoms with Crippen molar-refractivity contribution in [3.8, 4) is 11.3 Å². The number of nitrogens with zero attached hydrogens (tertiary/aromatic N) is 1. The van der Waals surface area contributed by atoms with Gasteiger partial charge in [-0.05, 0) is 19.3 Å². The molecule has 0 atom stereocenters. The fourth-order valence-electron chi connectivity index (χ4n) is 2.34. The molecule has 1 heterocycles. The van der Waals surface area contributed by atoms with E-state index in [4.69, 9.17) is 4.98 Å². The Morgan fingerprint density at radius 1 is 1.19 bits per heavy atom. The maximum atomic E-state index is 4.96. The second kappa shape index (κ2) is 5.90. The maximum Gasteiger partial charge on any atom is 0.0988 e. The third-order valence-electron chi connectivity index (χ3n) is 3.75. The fraction of sp³-hybridized carbons (Fsp3) is 0.500. The van der Waals surface area contributed by atoms with E-state index in [2.05, 4.69) is 56.4 Å². The Morgan fingerprint density at radius 2 is 1.90 bits per heavy atom. The van der Waals surface area contributed by atoms with Gasteiger partial charge in [-0.2, -0.15) is 0 Å². The second-order valence-electron chi connectivity index (χ2n) is 6.89. The summed E-state index contributed by atoms with van der Waals surface area (Å²) in [4.78, 5) is 6.37. The molecule has 0 saturated heterocycles. The van der Waals surface area contributed by atoms with E-state index < -0.39 is 0 Å². The van der Waals surface area contributed by atoms with Crippen molar-refractivity contribution in [2.24, 2.45) is 0 Å². The summed E-state index contributed by atoms with van der Waals surface area (Å²) in [5.41, 5.74) is 2.55. The van der Waals surface area contributed by atoms with Gasteiger partial charge in [0.1, 0.15) is 0 Å². The van der Waals surface area contributed by atoms with Crippen LogP contribution in [0.25, 0.3) is 11.3 Å². The maximum absolute atomic E-state index is 4.96. The molecule has 1 aromatic heterocycles. The molecule has 2 nitrogen and oxygen atoms in total. The lowest BCUT2D eigenvalue weighted by Gasteiger charge is -2.13. The summed E-state index contributed by atoms with van der Waals surface area (Å²) in [6, 6.07) is 11.4. The Hall–Kier alpha value is -1.19. The number of benzene rings is 1. The van der Waals surface area contributed by atoms with E-state index in [1.165, 1.54) is 34.0 Å². The minimum absolute atomic E-state index is 0.121. The highest BCUT2D eigenvalue weighted by atomic mass is 32.1. The van der Waals surface area contributed by atoms with E-state index in [0.717, 1.165) is 19.0 Å². The van der Waals surface area contributed by atoms with Crippen LogP contribution >= 0.6 is 11.3 Å². The van der Waals surface area contributed by atoms with E-state index in [1.807, 2.05) is 11.3 Å². The van der Waals surface area contributed by atoms with Crippen LogP contribution in [0.15, 0.2) is 30.3 Å². The predicted molar refractivity (Wildman–Crippen MR) is 91.0 cm³/mol. The van der Waals surface area contributed by atoms with Crippen molar-refractivity contribution in [1.29, 1.82) is 0 Å². The van der Waals surface area contributed by atoms with Gasteiger partial charge < -0.3 is 5.32 Å². The average molecular weight is 300 g/mol. The number of hydrogen-bond acceptors (Lipinski definition) is 3. The van der Waals surface area contributed by atoms with Crippen LogP contribution in [-0.4, -0.2) is 17.6 Å². The van der Waals surface area contributed by atoms with E-state index >= 15 is 0 Å². The Balaban J connectivity index is 1.85. The van der Waals surface area contributed by atoms with Crippen molar-refractivity contribution < 1.29 is 0 Å². The molecular weight excluding hydrogens is 276 g/mol. The molecule has 112 valence electrons. The molecular formula is C18H24N2S. The van der Waals surface area contributed by atoms with Crippen molar-refractivity contribution in [3.63, 3.8) is 0 Å². The fourth-order valence-corrected chi connectivity index (χ4v) is 3.48. The van der Waals surface area contributed by atoms with Crippen LogP contribution in [0.5, 0.6) is 0 Å². The van der Waals surface area contributed by atoms with E-state index in [9.17, 15) is 0 Å². The normalized spacial score (nSPS) is 15.4. The first-order chi connectivity index (χ1) is 10.0. The van der Waals surface area contributed by atoms with E-state index in [1.54, 1.807) is 0 Å². The van der Waals surface area contributed by atoms with Crippen LogP contribution in [0.4, 0.5) is 0 Å². The van der Waals surface area contributed by atoms with Crippen molar-refractivity contribution in [3.05, 3.63) is 40.2 Å². The smallest absolute Gasteiger partial charge is 0.0988 e. The summed E-state index contributed by atoms with van der Waals surface area (Å²) in [5, 5.41) is 4.85. The van der Waals surface area contributed by atoms with Gasteiger partial charge in [-0.3, -0.25) is 0 Å². The molecule has 3 rings (SSSR count). The monoisotopic (exact) mass is 300 g/mol. The second-order valence-corrected chi connectivity index (χ2v) is 7.97.